The van der Waals surface area contributed by atoms with Crippen LogP contribution in [0.1, 0.15) is 39.8 Å². The minimum Gasteiger partial charge on any atom is -0.507 e. The smallest absolute Gasteiger partial charge is 0.305 e. The summed E-state index contributed by atoms with van der Waals surface area (Å²) in [6.07, 6.45) is 0.923. The lowest BCUT2D eigenvalue weighted by atomic mass is 10.1. The van der Waals surface area contributed by atoms with E-state index in [4.69, 9.17) is 5.11 Å². The summed E-state index contributed by atoms with van der Waals surface area (Å²) in [7, 11) is -4.00. The molecule has 4 N–H and O–H groups in total. The SMILES string of the molecule is CC(=O)[C@H](CC(=O)O)NC(=O)c1ccc(CNS(=O)(=O)c2ccc(O)c(C=O)c2)nc1. The minimum absolute atomic E-state index is 0.0532. The Morgan fingerprint density at radius 1 is 1.19 bits per heavy atom. The van der Waals surface area contributed by atoms with Gasteiger partial charge < -0.3 is 15.5 Å². The number of aromatic nitrogens is 1. The van der Waals surface area contributed by atoms with Crippen LogP contribution in [0.4, 0.5) is 0 Å². The number of nitrogens with one attached hydrogen (secondary N) is 2. The summed E-state index contributed by atoms with van der Waals surface area (Å²) < 4.78 is 27.0. The highest BCUT2D eigenvalue weighted by Crippen LogP contribution is 2.19. The van der Waals surface area contributed by atoms with Gasteiger partial charge in [-0.15, -0.1) is 0 Å². The molecule has 1 aromatic carbocycles. The fourth-order valence-electron chi connectivity index (χ4n) is 2.42. The summed E-state index contributed by atoms with van der Waals surface area (Å²) in [5, 5.41) is 20.6. The van der Waals surface area contributed by atoms with Crippen LogP contribution in [0.25, 0.3) is 0 Å². The largest absolute Gasteiger partial charge is 0.507 e. The van der Waals surface area contributed by atoms with Gasteiger partial charge in [0.25, 0.3) is 5.91 Å². The molecule has 0 spiro atoms. The van der Waals surface area contributed by atoms with E-state index in [2.05, 4.69) is 15.0 Å². The Hall–Kier alpha value is -3.64. The van der Waals surface area contributed by atoms with Gasteiger partial charge in [-0.25, -0.2) is 13.1 Å². The van der Waals surface area contributed by atoms with Crippen molar-refractivity contribution in [2.75, 3.05) is 0 Å². The number of hydrogen-bond donors (Lipinski definition) is 4. The first-order valence-electron chi connectivity index (χ1n) is 8.79. The lowest BCUT2D eigenvalue weighted by Gasteiger charge is -2.13. The Bertz CT molecular complexity index is 1110. The van der Waals surface area contributed by atoms with Gasteiger partial charge in [0.05, 0.1) is 40.7 Å². The molecule has 2 rings (SSSR count). The molecule has 11 nitrogen and oxygen atoms in total. The molecule has 0 fully saturated rings. The van der Waals surface area contributed by atoms with E-state index >= 15 is 0 Å². The molecular formula is C19H19N3O8S. The number of carbonyl (C=O) groups excluding carboxylic acids is 3. The maximum atomic E-state index is 12.4. The number of ketones is 1. The van der Waals surface area contributed by atoms with Gasteiger partial charge in [0, 0.05) is 6.20 Å². The highest BCUT2D eigenvalue weighted by Gasteiger charge is 2.21. The van der Waals surface area contributed by atoms with E-state index in [9.17, 15) is 32.7 Å². The average Bonchev–Trinajstić information content (AvgIpc) is 2.72. The van der Waals surface area contributed by atoms with Gasteiger partial charge in [-0.2, -0.15) is 0 Å². The van der Waals surface area contributed by atoms with Crippen LogP contribution in [-0.4, -0.2) is 53.6 Å². The standard InChI is InChI=1S/C19H19N3O8S/c1-11(24)16(7-18(26)27)22-19(28)12-2-3-14(20-8-12)9-21-31(29,30)15-4-5-17(25)13(6-15)10-23/h2-6,8,10,16,21,25H,7,9H2,1H3,(H,22,28)(H,26,27)/t16-/m0/s1. The Morgan fingerprint density at radius 2 is 1.90 bits per heavy atom. The van der Waals surface area contributed by atoms with Gasteiger partial charge in [-0.05, 0) is 37.3 Å². The van der Waals surface area contributed by atoms with Crippen molar-refractivity contribution in [2.45, 2.75) is 30.8 Å². The van der Waals surface area contributed by atoms with Crippen LogP contribution in [-0.2, 0) is 26.2 Å². The molecular weight excluding hydrogens is 430 g/mol. The lowest BCUT2D eigenvalue weighted by molar-refractivity contribution is -0.139. The van der Waals surface area contributed by atoms with Crippen molar-refractivity contribution >= 4 is 34.0 Å². The Balaban J connectivity index is 2.05. The number of nitrogens with zero attached hydrogens (tertiary/aromatic N) is 1. The van der Waals surface area contributed by atoms with E-state index in [-0.39, 0.29) is 34.0 Å². The minimum atomic E-state index is -4.00. The number of sulfonamides is 1. The third kappa shape index (κ3) is 6.42. The molecule has 0 saturated carbocycles. The average molecular weight is 449 g/mol. The Morgan fingerprint density at radius 3 is 2.45 bits per heavy atom. The van der Waals surface area contributed by atoms with Gasteiger partial charge in [0.2, 0.25) is 10.0 Å². The van der Waals surface area contributed by atoms with Gasteiger partial charge in [0.1, 0.15) is 5.75 Å². The fraction of sp³-hybridized carbons (Fsp3) is 0.211. The van der Waals surface area contributed by atoms with Crippen molar-refractivity contribution in [1.82, 2.24) is 15.0 Å². The number of carboxylic acid groups (broad SMARTS) is 1. The molecule has 0 aliphatic heterocycles. The third-order valence-corrected chi connectivity index (χ3v) is 5.54. The number of carbonyl (C=O) groups is 4. The second-order valence-electron chi connectivity index (χ2n) is 6.44. The molecule has 1 amide bonds. The molecule has 31 heavy (non-hydrogen) atoms. The molecule has 0 radical (unpaired) electrons. The third-order valence-electron chi connectivity index (χ3n) is 4.14. The molecule has 0 bridgehead atoms. The number of aliphatic carboxylic acids is 1. The maximum absolute atomic E-state index is 12.4. The maximum Gasteiger partial charge on any atom is 0.305 e. The number of pyridine rings is 1. The normalized spacial score (nSPS) is 12.0. The zero-order valence-electron chi connectivity index (χ0n) is 16.2. The first-order chi connectivity index (χ1) is 14.5. The van der Waals surface area contributed by atoms with Gasteiger partial charge in [-0.3, -0.25) is 24.2 Å². The van der Waals surface area contributed by atoms with Gasteiger partial charge >= 0.3 is 5.97 Å². The zero-order valence-corrected chi connectivity index (χ0v) is 17.0. The number of benzene rings is 1. The molecule has 1 atom stereocenters. The number of phenols is 1. The van der Waals surface area contributed by atoms with Crippen molar-refractivity contribution < 1.29 is 37.8 Å². The molecule has 0 saturated heterocycles. The summed E-state index contributed by atoms with van der Waals surface area (Å²) in [4.78, 5) is 49.0. The molecule has 1 aromatic heterocycles. The predicted octanol–water partition coefficient (Wildman–Crippen LogP) is 0.240. The fourth-order valence-corrected chi connectivity index (χ4v) is 3.46. The predicted molar refractivity (Wildman–Crippen MR) is 106 cm³/mol. The van der Waals surface area contributed by atoms with Gasteiger partial charge in [0.15, 0.2) is 12.1 Å². The number of Topliss-reactive ketones (excluding diaryl/α,β-unsaturated/α-hetero) is 1. The van der Waals surface area contributed by atoms with Crippen LogP contribution in [0.15, 0.2) is 41.4 Å². The van der Waals surface area contributed by atoms with E-state index in [0.717, 1.165) is 31.3 Å². The topological polar surface area (TPSA) is 180 Å². The Kier molecular flexibility index (Phi) is 7.56. The summed E-state index contributed by atoms with van der Waals surface area (Å²) in [5.74, 6) is -2.80. The van der Waals surface area contributed by atoms with Crippen LogP contribution < -0.4 is 10.0 Å². The van der Waals surface area contributed by atoms with E-state index in [1.165, 1.54) is 12.1 Å². The van der Waals surface area contributed by atoms with Crippen molar-refractivity contribution in [3.8, 4) is 5.75 Å². The van der Waals surface area contributed by atoms with Crippen molar-refractivity contribution in [3.05, 3.63) is 53.3 Å². The molecule has 0 unspecified atom stereocenters. The van der Waals surface area contributed by atoms with E-state index in [1.807, 2.05) is 0 Å². The van der Waals surface area contributed by atoms with Crippen LogP contribution in [0.2, 0.25) is 0 Å². The van der Waals surface area contributed by atoms with Crippen LogP contribution in [0, 0.1) is 0 Å². The Labute approximate surface area is 177 Å². The summed E-state index contributed by atoms with van der Waals surface area (Å²) >= 11 is 0. The van der Waals surface area contributed by atoms with Crippen LogP contribution >= 0.6 is 0 Å². The van der Waals surface area contributed by atoms with Gasteiger partial charge in [-0.1, -0.05) is 0 Å². The molecule has 164 valence electrons. The van der Waals surface area contributed by atoms with Crippen LogP contribution in [0.5, 0.6) is 5.75 Å². The zero-order chi connectivity index (χ0) is 23.2. The number of rotatable bonds is 10. The molecule has 12 heteroatoms. The van der Waals surface area contributed by atoms with E-state index in [1.54, 1.807) is 0 Å². The summed E-state index contributed by atoms with van der Waals surface area (Å²) in [6, 6.07) is 4.78. The van der Waals surface area contributed by atoms with Crippen molar-refractivity contribution in [3.63, 3.8) is 0 Å². The first kappa shape index (κ1) is 23.6. The van der Waals surface area contributed by atoms with Crippen molar-refractivity contribution in [2.24, 2.45) is 0 Å². The number of amides is 1. The molecule has 2 aromatic rings. The number of phenolic OH excluding ortho intramolecular Hbond substituents is 1. The lowest BCUT2D eigenvalue weighted by Crippen LogP contribution is -2.41. The summed E-state index contributed by atoms with van der Waals surface area (Å²) in [6.45, 7) is 0.935. The van der Waals surface area contributed by atoms with Crippen LogP contribution in [0.3, 0.4) is 0 Å². The second kappa shape index (κ2) is 9.91. The second-order valence-corrected chi connectivity index (χ2v) is 8.20. The summed E-state index contributed by atoms with van der Waals surface area (Å²) in [5.41, 5.74) is 0.142. The highest BCUT2D eigenvalue weighted by atomic mass is 32.2. The number of hydrogen-bond acceptors (Lipinski definition) is 8. The number of carboxylic acids is 1. The molecule has 0 aliphatic rings. The molecule has 1 heterocycles. The first-order valence-corrected chi connectivity index (χ1v) is 10.3. The van der Waals surface area contributed by atoms with Crippen molar-refractivity contribution in [1.29, 1.82) is 0 Å². The molecule has 0 aliphatic carbocycles. The monoisotopic (exact) mass is 449 g/mol. The van der Waals surface area contributed by atoms with E-state index < -0.39 is 40.1 Å². The number of aromatic hydroxyl groups is 1. The highest BCUT2D eigenvalue weighted by molar-refractivity contribution is 7.89. The quantitative estimate of drug-likeness (QED) is 0.369. The number of aldehydes is 1. The van der Waals surface area contributed by atoms with E-state index in [0.29, 0.717) is 6.29 Å².